The van der Waals surface area contributed by atoms with Crippen LogP contribution in [0.3, 0.4) is 0 Å². The second kappa shape index (κ2) is 17.0. The maximum atomic E-state index is 12.2. The van der Waals surface area contributed by atoms with Gasteiger partial charge < -0.3 is 46.5 Å². The Kier molecular flexibility index (Phi) is 12.6. The predicted octanol–water partition coefficient (Wildman–Crippen LogP) is 0.600. The lowest BCUT2D eigenvalue weighted by atomic mass is 10.1. The van der Waals surface area contributed by atoms with Crippen molar-refractivity contribution in [3.8, 4) is 11.3 Å². The molecule has 238 valence electrons. The minimum atomic E-state index is -0.203. The predicted molar refractivity (Wildman–Crippen MR) is 163 cm³/mol. The van der Waals surface area contributed by atoms with Gasteiger partial charge in [-0.3, -0.25) is 9.59 Å². The summed E-state index contributed by atoms with van der Waals surface area (Å²) in [6.45, 7) is 4.61. The summed E-state index contributed by atoms with van der Waals surface area (Å²) in [7, 11) is 0. The number of oxazole rings is 1. The van der Waals surface area contributed by atoms with Crippen LogP contribution in [0.4, 0.5) is 11.8 Å². The lowest BCUT2D eigenvalue weighted by Gasteiger charge is -2.08. The largest absolute Gasteiger partial charge is 0.424 e. The summed E-state index contributed by atoms with van der Waals surface area (Å²) in [5.74, 6) is -0.0586. The molecule has 44 heavy (non-hydrogen) atoms. The van der Waals surface area contributed by atoms with Gasteiger partial charge in [-0.1, -0.05) is 0 Å². The number of amides is 2. The van der Waals surface area contributed by atoms with E-state index < -0.39 is 0 Å². The van der Waals surface area contributed by atoms with Crippen LogP contribution in [0.2, 0.25) is 0 Å². The minimum Gasteiger partial charge on any atom is -0.424 e. The van der Waals surface area contributed by atoms with Crippen LogP contribution < -0.4 is 27.8 Å². The standard InChI is InChI=1S/C28H40N10O6/c29-7-11-41-13-15-43-16-14-42-12-9-33-23(40)6-5-22(39)32-8-1-2-10-38-27-24(26(30)34-18-35-27)25(37-38)19-3-4-21-20(17-19)36-28(31)44-21/h3-4,17-18H,1-2,5-16,29H2,(H2,31,36)(H,32,39)(H,33,40)(H2,30,34,35). The van der Waals surface area contributed by atoms with E-state index in [9.17, 15) is 9.59 Å². The Bertz CT molecular complexity index is 1510. The zero-order valence-corrected chi connectivity index (χ0v) is 24.6. The van der Waals surface area contributed by atoms with E-state index in [-0.39, 0.29) is 30.7 Å². The lowest BCUT2D eigenvalue weighted by Crippen LogP contribution is -2.30. The van der Waals surface area contributed by atoms with Gasteiger partial charge in [0, 0.05) is 44.6 Å². The molecule has 3 heterocycles. The van der Waals surface area contributed by atoms with Crippen molar-refractivity contribution in [1.82, 2.24) is 35.4 Å². The lowest BCUT2D eigenvalue weighted by molar-refractivity contribution is -0.126. The van der Waals surface area contributed by atoms with E-state index in [1.165, 1.54) is 6.33 Å². The molecule has 0 aliphatic heterocycles. The van der Waals surface area contributed by atoms with E-state index >= 15 is 0 Å². The van der Waals surface area contributed by atoms with E-state index in [4.69, 9.17) is 40.9 Å². The number of benzene rings is 1. The number of carbonyl (C=O) groups is 2. The summed E-state index contributed by atoms with van der Waals surface area (Å²) in [5, 5.41) is 11.0. The number of aromatic nitrogens is 5. The van der Waals surface area contributed by atoms with Gasteiger partial charge in [-0.15, -0.1) is 0 Å². The minimum absolute atomic E-state index is 0.0892. The number of nitrogens with zero attached hydrogens (tertiary/aromatic N) is 5. The number of hydrogen-bond acceptors (Lipinski definition) is 13. The molecule has 0 aliphatic carbocycles. The van der Waals surface area contributed by atoms with Crippen LogP contribution in [0, 0.1) is 0 Å². The Morgan fingerprint density at radius 1 is 0.886 bits per heavy atom. The summed E-state index contributed by atoms with van der Waals surface area (Å²) in [6, 6.07) is 5.56. The molecule has 0 aliphatic rings. The molecule has 0 atom stereocenters. The van der Waals surface area contributed by atoms with Gasteiger partial charge in [-0.2, -0.15) is 10.1 Å². The fourth-order valence-corrected chi connectivity index (χ4v) is 4.39. The number of nitrogen functional groups attached to an aromatic ring is 2. The maximum Gasteiger partial charge on any atom is 0.292 e. The Hall–Kier alpha value is -4.38. The van der Waals surface area contributed by atoms with E-state index in [1.807, 2.05) is 12.1 Å². The fourth-order valence-electron chi connectivity index (χ4n) is 4.39. The van der Waals surface area contributed by atoms with Gasteiger partial charge in [-0.25, -0.2) is 14.6 Å². The van der Waals surface area contributed by atoms with Gasteiger partial charge in [0.15, 0.2) is 11.2 Å². The third-order valence-electron chi connectivity index (χ3n) is 6.51. The average Bonchev–Trinajstić information content (AvgIpc) is 3.58. The number of nitrogens with one attached hydrogen (secondary N) is 2. The highest BCUT2D eigenvalue weighted by Gasteiger charge is 2.18. The number of carbonyl (C=O) groups excluding carboxylic acids is 2. The topological polar surface area (TPSA) is 234 Å². The van der Waals surface area contributed by atoms with E-state index in [0.29, 0.717) is 106 Å². The van der Waals surface area contributed by atoms with Gasteiger partial charge >= 0.3 is 0 Å². The third kappa shape index (κ3) is 9.57. The molecule has 4 aromatic rings. The number of hydrogen-bond donors (Lipinski definition) is 5. The molecule has 8 N–H and O–H groups in total. The maximum absolute atomic E-state index is 12.2. The molecule has 1 aromatic carbocycles. The second-order valence-electron chi connectivity index (χ2n) is 9.80. The van der Waals surface area contributed by atoms with Crippen molar-refractivity contribution in [3.05, 3.63) is 24.5 Å². The number of nitrogens with two attached hydrogens (primary N) is 3. The molecule has 4 rings (SSSR count). The smallest absolute Gasteiger partial charge is 0.292 e. The number of ether oxygens (including phenoxy) is 3. The first-order valence-electron chi connectivity index (χ1n) is 14.6. The number of anilines is 2. The van der Waals surface area contributed by atoms with Gasteiger partial charge in [0.1, 0.15) is 23.4 Å². The molecule has 0 saturated carbocycles. The molecule has 0 spiro atoms. The normalized spacial score (nSPS) is 11.4. The molecule has 0 bridgehead atoms. The molecule has 0 radical (unpaired) electrons. The molecular formula is C28H40N10O6. The first-order chi connectivity index (χ1) is 21.5. The Morgan fingerprint density at radius 2 is 1.59 bits per heavy atom. The first-order valence-corrected chi connectivity index (χ1v) is 14.6. The highest BCUT2D eigenvalue weighted by atomic mass is 16.5. The van der Waals surface area contributed by atoms with E-state index in [1.54, 1.807) is 10.7 Å². The SMILES string of the molecule is NCCOCCOCCOCCNC(=O)CCC(=O)NCCCCn1nc(-c2ccc3oc(N)nc3c2)c2c(N)ncnc21. The van der Waals surface area contributed by atoms with E-state index in [2.05, 4.69) is 25.6 Å². The van der Waals surface area contributed by atoms with Crippen molar-refractivity contribution in [2.75, 3.05) is 70.7 Å². The van der Waals surface area contributed by atoms with Gasteiger partial charge in [0.05, 0.1) is 45.0 Å². The Morgan fingerprint density at radius 3 is 2.34 bits per heavy atom. The molecule has 16 nitrogen and oxygen atoms in total. The Labute approximate surface area is 254 Å². The summed E-state index contributed by atoms with van der Waals surface area (Å²) in [4.78, 5) is 36.9. The molecule has 16 heteroatoms. The quantitative estimate of drug-likeness (QED) is 0.0861. The van der Waals surface area contributed by atoms with Crippen molar-refractivity contribution in [3.63, 3.8) is 0 Å². The van der Waals surface area contributed by atoms with Crippen LogP contribution in [0.1, 0.15) is 25.7 Å². The van der Waals surface area contributed by atoms with Crippen molar-refractivity contribution < 1.29 is 28.2 Å². The summed E-state index contributed by atoms with van der Waals surface area (Å²) in [5.41, 5.74) is 20.4. The summed E-state index contributed by atoms with van der Waals surface area (Å²) < 4.78 is 23.1. The van der Waals surface area contributed by atoms with Gasteiger partial charge in [-0.05, 0) is 31.0 Å². The second-order valence-corrected chi connectivity index (χ2v) is 9.80. The molecule has 2 amide bonds. The third-order valence-corrected chi connectivity index (χ3v) is 6.51. The van der Waals surface area contributed by atoms with Crippen LogP contribution in [0.5, 0.6) is 0 Å². The van der Waals surface area contributed by atoms with Crippen LogP contribution in [-0.4, -0.2) is 95.8 Å². The molecule has 0 fully saturated rings. The Balaban J connectivity index is 1.11. The zero-order valence-electron chi connectivity index (χ0n) is 24.6. The van der Waals surface area contributed by atoms with Crippen LogP contribution in [0.15, 0.2) is 28.9 Å². The molecule has 0 unspecified atom stereocenters. The van der Waals surface area contributed by atoms with Gasteiger partial charge in [0.2, 0.25) is 11.8 Å². The van der Waals surface area contributed by atoms with Crippen LogP contribution in [0.25, 0.3) is 33.4 Å². The van der Waals surface area contributed by atoms with E-state index in [0.717, 1.165) is 12.0 Å². The molecule has 3 aromatic heterocycles. The van der Waals surface area contributed by atoms with Crippen molar-refractivity contribution in [2.45, 2.75) is 32.2 Å². The monoisotopic (exact) mass is 612 g/mol. The summed E-state index contributed by atoms with van der Waals surface area (Å²) in [6.07, 6.45) is 3.06. The number of unbranched alkanes of at least 4 members (excludes halogenated alkanes) is 1. The first kappa shape index (κ1) is 32.5. The van der Waals surface area contributed by atoms with Crippen molar-refractivity contribution in [2.24, 2.45) is 5.73 Å². The summed E-state index contributed by atoms with van der Waals surface area (Å²) >= 11 is 0. The zero-order chi connectivity index (χ0) is 31.1. The highest BCUT2D eigenvalue weighted by Crippen LogP contribution is 2.32. The average molecular weight is 613 g/mol. The number of rotatable bonds is 20. The van der Waals surface area contributed by atoms with Crippen LogP contribution in [-0.2, 0) is 30.3 Å². The van der Waals surface area contributed by atoms with Crippen LogP contribution >= 0.6 is 0 Å². The van der Waals surface area contributed by atoms with Gasteiger partial charge in [0.25, 0.3) is 6.01 Å². The van der Waals surface area contributed by atoms with Crippen molar-refractivity contribution in [1.29, 1.82) is 0 Å². The highest BCUT2D eigenvalue weighted by molar-refractivity contribution is 5.99. The fraction of sp³-hybridized carbons (Fsp3) is 0.500. The van der Waals surface area contributed by atoms with Crippen molar-refractivity contribution >= 4 is 45.8 Å². The number of fused-ring (bicyclic) bond motifs is 2. The molecular weight excluding hydrogens is 572 g/mol. The number of aryl methyl sites for hydroxylation is 1. The molecule has 0 saturated heterocycles.